The number of hydrogen-bond acceptors (Lipinski definition) is 3. The molecule has 1 saturated carbocycles. The van der Waals surface area contributed by atoms with Crippen LogP contribution in [0.5, 0.6) is 0 Å². The van der Waals surface area contributed by atoms with Gasteiger partial charge in [-0.05, 0) is 41.9 Å². The van der Waals surface area contributed by atoms with Crippen LogP contribution in [0.15, 0.2) is 18.2 Å². The van der Waals surface area contributed by atoms with Crippen molar-refractivity contribution in [2.75, 3.05) is 0 Å². The van der Waals surface area contributed by atoms with Crippen LogP contribution in [0, 0.1) is 11.7 Å². The van der Waals surface area contributed by atoms with Crippen LogP contribution in [-0.2, 0) is 11.3 Å². The lowest BCUT2D eigenvalue weighted by atomic mass is 9.79. The fraction of sp³-hybridized carbons (Fsp3) is 0.600. The van der Waals surface area contributed by atoms with Crippen molar-refractivity contribution in [2.45, 2.75) is 51.7 Å². The van der Waals surface area contributed by atoms with Gasteiger partial charge in [0.2, 0.25) is 0 Å². The summed E-state index contributed by atoms with van der Waals surface area (Å²) in [4.78, 5) is 0. The van der Waals surface area contributed by atoms with E-state index in [1.54, 1.807) is 6.07 Å². The maximum Gasteiger partial charge on any atom is 0.488 e. The second-order valence-corrected chi connectivity index (χ2v) is 5.57. The molecule has 0 bridgehead atoms. The molecule has 0 heterocycles. The highest BCUT2D eigenvalue weighted by atomic mass is 19.1. The number of rotatable bonds is 5. The molecule has 3 nitrogen and oxygen atoms in total. The minimum Gasteiger partial charge on any atom is -0.423 e. The molecule has 1 fully saturated rings. The monoisotopic (exact) mass is 280 g/mol. The van der Waals surface area contributed by atoms with Crippen LogP contribution < -0.4 is 5.46 Å². The van der Waals surface area contributed by atoms with Gasteiger partial charge in [-0.25, -0.2) is 4.39 Å². The molecular weight excluding hydrogens is 258 g/mol. The summed E-state index contributed by atoms with van der Waals surface area (Å²) in [6.07, 6.45) is 6.05. The van der Waals surface area contributed by atoms with E-state index in [9.17, 15) is 4.39 Å². The van der Waals surface area contributed by atoms with Gasteiger partial charge in [-0.1, -0.05) is 32.3 Å². The second kappa shape index (κ2) is 7.20. The van der Waals surface area contributed by atoms with Crippen molar-refractivity contribution in [1.29, 1.82) is 0 Å². The molecule has 1 aliphatic carbocycles. The van der Waals surface area contributed by atoms with E-state index < -0.39 is 12.9 Å². The molecule has 2 rings (SSSR count). The Morgan fingerprint density at radius 2 is 2.00 bits per heavy atom. The summed E-state index contributed by atoms with van der Waals surface area (Å²) in [7, 11) is -1.65. The molecule has 2 unspecified atom stereocenters. The summed E-state index contributed by atoms with van der Waals surface area (Å²) in [5.41, 5.74) is 0.813. The summed E-state index contributed by atoms with van der Waals surface area (Å²) in [5, 5.41) is 18.2. The normalized spacial score (nSPS) is 22.8. The molecule has 0 radical (unpaired) electrons. The van der Waals surface area contributed by atoms with Crippen LogP contribution in [0.4, 0.5) is 4.39 Å². The lowest BCUT2D eigenvalue weighted by Gasteiger charge is -2.30. The van der Waals surface area contributed by atoms with Gasteiger partial charge >= 0.3 is 7.12 Å². The number of benzene rings is 1. The Kier molecular flexibility index (Phi) is 5.58. The van der Waals surface area contributed by atoms with E-state index in [1.165, 1.54) is 25.3 Å². The van der Waals surface area contributed by atoms with E-state index in [0.29, 0.717) is 18.1 Å². The zero-order valence-corrected chi connectivity index (χ0v) is 11.9. The van der Waals surface area contributed by atoms with Crippen LogP contribution in [-0.4, -0.2) is 23.3 Å². The Balaban J connectivity index is 1.99. The number of ether oxygens (including phenoxy) is 1. The third-order valence-electron chi connectivity index (χ3n) is 4.11. The van der Waals surface area contributed by atoms with Gasteiger partial charge in [-0.15, -0.1) is 0 Å². The Morgan fingerprint density at radius 1 is 1.25 bits per heavy atom. The molecule has 1 aromatic carbocycles. The Morgan fingerprint density at radius 3 is 2.70 bits per heavy atom. The first-order valence-corrected chi connectivity index (χ1v) is 7.37. The van der Waals surface area contributed by atoms with Gasteiger partial charge in [0.1, 0.15) is 5.82 Å². The van der Waals surface area contributed by atoms with Gasteiger partial charge in [0.15, 0.2) is 0 Å². The lowest BCUT2D eigenvalue weighted by Crippen LogP contribution is -2.31. The van der Waals surface area contributed by atoms with Gasteiger partial charge in [0.05, 0.1) is 12.7 Å². The van der Waals surface area contributed by atoms with E-state index in [1.807, 2.05) is 0 Å². The summed E-state index contributed by atoms with van der Waals surface area (Å²) in [5.74, 6) is 0.116. The highest BCUT2D eigenvalue weighted by Gasteiger charge is 2.24. The third kappa shape index (κ3) is 4.04. The van der Waals surface area contributed by atoms with E-state index in [0.717, 1.165) is 18.9 Å². The van der Waals surface area contributed by atoms with Crippen LogP contribution in [0.3, 0.4) is 0 Å². The van der Waals surface area contributed by atoms with Crippen molar-refractivity contribution < 1.29 is 19.2 Å². The van der Waals surface area contributed by atoms with Gasteiger partial charge in [-0.3, -0.25) is 0 Å². The van der Waals surface area contributed by atoms with Gasteiger partial charge < -0.3 is 14.8 Å². The van der Waals surface area contributed by atoms with Crippen LogP contribution in [0.1, 0.15) is 44.6 Å². The Bertz CT molecular complexity index is 439. The summed E-state index contributed by atoms with van der Waals surface area (Å²) in [6, 6.07) is 4.09. The zero-order chi connectivity index (χ0) is 14.5. The van der Waals surface area contributed by atoms with Crippen molar-refractivity contribution in [3.63, 3.8) is 0 Å². The molecule has 0 aromatic heterocycles. The molecule has 20 heavy (non-hydrogen) atoms. The molecule has 0 aliphatic heterocycles. The summed E-state index contributed by atoms with van der Waals surface area (Å²) >= 11 is 0. The van der Waals surface area contributed by atoms with Crippen molar-refractivity contribution in [3.8, 4) is 0 Å². The minimum absolute atomic E-state index is 0.166. The van der Waals surface area contributed by atoms with Crippen LogP contribution in [0.25, 0.3) is 0 Å². The molecular formula is C15H22BFO3. The zero-order valence-electron chi connectivity index (χ0n) is 11.9. The maximum atomic E-state index is 13.4. The predicted octanol–water partition coefficient (Wildman–Crippen LogP) is 1.99. The lowest BCUT2D eigenvalue weighted by molar-refractivity contribution is -0.0222. The first kappa shape index (κ1) is 15.5. The summed E-state index contributed by atoms with van der Waals surface area (Å²) < 4.78 is 19.4. The average molecular weight is 280 g/mol. The average Bonchev–Trinajstić information content (AvgIpc) is 2.44. The molecule has 1 aliphatic rings. The van der Waals surface area contributed by atoms with Crippen LogP contribution in [0.2, 0.25) is 0 Å². The van der Waals surface area contributed by atoms with E-state index in [4.69, 9.17) is 14.8 Å². The van der Waals surface area contributed by atoms with E-state index in [2.05, 4.69) is 6.92 Å². The molecule has 2 atom stereocenters. The maximum absolute atomic E-state index is 13.4. The van der Waals surface area contributed by atoms with Crippen molar-refractivity contribution >= 4 is 12.6 Å². The smallest absolute Gasteiger partial charge is 0.423 e. The highest BCUT2D eigenvalue weighted by Crippen LogP contribution is 2.29. The Hall–Kier alpha value is -0.905. The SMILES string of the molecule is CCC1CCCCC1OCc1cc(F)cc(B(O)O)c1. The largest absolute Gasteiger partial charge is 0.488 e. The highest BCUT2D eigenvalue weighted by molar-refractivity contribution is 6.58. The molecule has 5 heteroatoms. The number of halogens is 1. The van der Waals surface area contributed by atoms with Gasteiger partial charge in [-0.2, -0.15) is 0 Å². The Labute approximate surface area is 119 Å². The molecule has 0 saturated heterocycles. The van der Waals surface area contributed by atoms with Crippen LogP contribution >= 0.6 is 0 Å². The van der Waals surface area contributed by atoms with Gasteiger partial charge in [0.25, 0.3) is 0 Å². The second-order valence-electron chi connectivity index (χ2n) is 5.57. The van der Waals surface area contributed by atoms with Crippen molar-refractivity contribution in [3.05, 3.63) is 29.6 Å². The topological polar surface area (TPSA) is 49.7 Å². The van der Waals surface area contributed by atoms with E-state index in [-0.39, 0.29) is 11.6 Å². The van der Waals surface area contributed by atoms with Gasteiger partial charge in [0, 0.05) is 0 Å². The summed E-state index contributed by atoms with van der Waals surface area (Å²) in [6.45, 7) is 2.49. The predicted molar refractivity (Wildman–Crippen MR) is 77.1 cm³/mol. The van der Waals surface area contributed by atoms with E-state index >= 15 is 0 Å². The molecule has 110 valence electrons. The van der Waals surface area contributed by atoms with Crippen molar-refractivity contribution in [1.82, 2.24) is 0 Å². The van der Waals surface area contributed by atoms with Crippen molar-refractivity contribution in [2.24, 2.45) is 5.92 Å². The first-order valence-electron chi connectivity index (χ1n) is 7.37. The molecule has 1 aromatic rings. The fourth-order valence-electron chi connectivity index (χ4n) is 2.97. The molecule has 0 spiro atoms. The molecule has 2 N–H and O–H groups in total. The third-order valence-corrected chi connectivity index (χ3v) is 4.11. The minimum atomic E-state index is -1.65. The quantitative estimate of drug-likeness (QED) is 0.811. The number of hydrogen-bond donors (Lipinski definition) is 2. The standard InChI is InChI=1S/C15H22BFO3/c1-2-12-5-3-4-6-15(12)20-10-11-7-13(16(18)19)9-14(17)8-11/h7-9,12,15,18-19H,2-6,10H2,1H3. The first-order chi connectivity index (χ1) is 9.60. The fourth-order valence-corrected chi connectivity index (χ4v) is 2.97. The molecule has 0 amide bonds.